The summed E-state index contributed by atoms with van der Waals surface area (Å²) >= 11 is 0. The Morgan fingerprint density at radius 1 is 1.19 bits per heavy atom. The summed E-state index contributed by atoms with van der Waals surface area (Å²) in [4.78, 5) is 3.44. The number of para-hydroxylation sites is 1. The lowest BCUT2D eigenvalue weighted by Crippen LogP contribution is -1.90. The molecule has 1 aromatic heterocycles. The van der Waals surface area contributed by atoms with Crippen molar-refractivity contribution in [3.8, 4) is 23.1 Å². The maximum atomic E-state index is 9.12. The van der Waals surface area contributed by atoms with E-state index in [4.69, 9.17) is 10.00 Å². The van der Waals surface area contributed by atoms with Gasteiger partial charge in [0.25, 0.3) is 0 Å². The molecule has 1 heterocycles. The predicted octanol–water partition coefficient (Wildman–Crippen LogP) is 4.22. The van der Waals surface area contributed by atoms with Crippen LogP contribution < -0.4 is 4.74 Å². The number of fused-ring (bicyclic) bond motifs is 1. The van der Waals surface area contributed by atoms with E-state index in [0.717, 1.165) is 39.0 Å². The van der Waals surface area contributed by atoms with Crippen molar-refractivity contribution in [2.45, 2.75) is 13.3 Å². The van der Waals surface area contributed by atoms with Crippen LogP contribution in [0.2, 0.25) is 0 Å². The highest BCUT2D eigenvalue weighted by molar-refractivity contribution is 5.91. The molecule has 3 nitrogen and oxygen atoms in total. The Hall–Kier alpha value is -2.73. The summed E-state index contributed by atoms with van der Waals surface area (Å²) < 4.78 is 5.31. The second-order valence-corrected chi connectivity index (χ2v) is 5.04. The van der Waals surface area contributed by atoms with Gasteiger partial charge >= 0.3 is 0 Å². The van der Waals surface area contributed by atoms with Gasteiger partial charge in [-0.1, -0.05) is 18.2 Å². The maximum Gasteiger partial charge on any atom is 0.121 e. The minimum Gasteiger partial charge on any atom is -0.496 e. The van der Waals surface area contributed by atoms with Gasteiger partial charge in [0.2, 0.25) is 0 Å². The van der Waals surface area contributed by atoms with Crippen LogP contribution in [0.4, 0.5) is 0 Å². The average molecular weight is 276 g/mol. The van der Waals surface area contributed by atoms with Gasteiger partial charge in [-0.2, -0.15) is 5.26 Å². The number of nitrogens with one attached hydrogen (secondary N) is 1. The zero-order chi connectivity index (χ0) is 14.8. The highest BCUT2D eigenvalue weighted by Crippen LogP contribution is 2.32. The van der Waals surface area contributed by atoms with E-state index in [0.29, 0.717) is 6.42 Å². The standard InChI is InChI=1S/C18H16N2O/c1-12-11-13(7-8-17(12)21-2)18-15(9-10-19)14-5-3-4-6-16(14)20-18/h3-8,11,20H,9H2,1-2H3. The normalized spacial score (nSPS) is 10.5. The number of rotatable bonds is 3. The first-order valence-corrected chi connectivity index (χ1v) is 6.86. The molecule has 3 rings (SSSR count). The van der Waals surface area contributed by atoms with Crippen molar-refractivity contribution in [3.05, 3.63) is 53.6 Å². The molecule has 0 amide bonds. The van der Waals surface area contributed by atoms with Crippen LogP contribution in [-0.2, 0) is 6.42 Å². The first-order chi connectivity index (χ1) is 10.2. The van der Waals surface area contributed by atoms with Crippen molar-refractivity contribution in [1.29, 1.82) is 5.26 Å². The number of hydrogen-bond donors (Lipinski definition) is 1. The molecule has 0 radical (unpaired) electrons. The molecule has 0 unspecified atom stereocenters. The molecule has 3 heteroatoms. The molecule has 21 heavy (non-hydrogen) atoms. The Balaban J connectivity index is 2.22. The minimum absolute atomic E-state index is 0.393. The molecular formula is C18H16N2O. The smallest absolute Gasteiger partial charge is 0.121 e. The second kappa shape index (κ2) is 5.34. The van der Waals surface area contributed by atoms with Gasteiger partial charge in [0.15, 0.2) is 0 Å². The highest BCUT2D eigenvalue weighted by Gasteiger charge is 2.13. The summed E-state index contributed by atoms with van der Waals surface area (Å²) in [6, 6.07) is 16.4. The van der Waals surface area contributed by atoms with Crippen molar-refractivity contribution in [1.82, 2.24) is 4.98 Å². The van der Waals surface area contributed by atoms with Gasteiger partial charge < -0.3 is 9.72 Å². The van der Waals surface area contributed by atoms with Crippen LogP contribution in [0.3, 0.4) is 0 Å². The summed E-state index contributed by atoms with van der Waals surface area (Å²) in [6.07, 6.45) is 0.393. The fourth-order valence-electron chi connectivity index (χ4n) is 2.74. The number of aromatic amines is 1. The van der Waals surface area contributed by atoms with Crippen LogP contribution in [0.15, 0.2) is 42.5 Å². The Morgan fingerprint density at radius 2 is 2.00 bits per heavy atom. The lowest BCUT2D eigenvalue weighted by atomic mass is 10.0. The Morgan fingerprint density at radius 3 is 2.71 bits per heavy atom. The third-order valence-electron chi connectivity index (χ3n) is 3.75. The van der Waals surface area contributed by atoms with Crippen LogP contribution in [0, 0.1) is 18.3 Å². The number of ether oxygens (including phenoxy) is 1. The largest absolute Gasteiger partial charge is 0.496 e. The van der Waals surface area contributed by atoms with E-state index in [9.17, 15) is 0 Å². The predicted molar refractivity (Wildman–Crippen MR) is 84.3 cm³/mol. The van der Waals surface area contributed by atoms with Crippen molar-refractivity contribution >= 4 is 10.9 Å². The monoisotopic (exact) mass is 276 g/mol. The van der Waals surface area contributed by atoms with Crippen molar-refractivity contribution in [3.63, 3.8) is 0 Å². The van der Waals surface area contributed by atoms with Gasteiger partial charge in [0.05, 0.1) is 25.3 Å². The first-order valence-electron chi connectivity index (χ1n) is 6.86. The minimum atomic E-state index is 0.393. The lowest BCUT2D eigenvalue weighted by molar-refractivity contribution is 0.412. The van der Waals surface area contributed by atoms with Crippen LogP contribution in [-0.4, -0.2) is 12.1 Å². The van der Waals surface area contributed by atoms with Crippen LogP contribution in [0.1, 0.15) is 11.1 Å². The third kappa shape index (κ3) is 2.25. The number of methoxy groups -OCH3 is 1. The number of nitrogens with zero attached hydrogens (tertiary/aromatic N) is 1. The summed E-state index contributed by atoms with van der Waals surface area (Å²) in [5.41, 5.74) is 5.29. The SMILES string of the molecule is COc1ccc(-c2[nH]c3ccccc3c2CC#N)cc1C. The van der Waals surface area contributed by atoms with Gasteiger partial charge in [-0.05, 0) is 47.9 Å². The second-order valence-electron chi connectivity index (χ2n) is 5.04. The number of aromatic nitrogens is 1. The quantitative estimate of drug-likeness (QED) is 0.778. The number of H-pyrrole nitrogens is 1. The topological polar surface area (TPSA) is 48.8 Å². The van der Waals surface area contributed by atoms with Crippen molar-refractivity contribution < 1.29 is 4.74 Å². The van der Waals surface area contributed by atoms with E-state index in [1.165, 1.54) is 0 Å². The molecule has 0 aliphatic carbocycles. The van der Waals surface area contributed by atoms with E-state index in [2.05, 4.69) is 23.2 Å². The fourth-order valence-corrected chi connectivity index (χ4v) is 2.74. The highest BCUT2D eigenvalue weighted by atomic mass is 16.5. The summed E-state index contributed by atoms with van der Waals surface area (Å²) in [6.45, 7) is 2.02. The van der Waals surface area contributed by atoms with Gasteiger partial charge in [-0.25, -0.2) is 0 Å². The Kier molecular flexibility index (Phi) is 3.37. The van der Waals surface area contributed by atoms with E-state index >= 15 is 0 Å². The van der Waals surface area contributed by atoms with Crippen LogP contribution in [0.5, 0.6) is 5.75 Å². The zero-order valence-corrected chi connectivity index (χ0v) is 12.1. The van der Waals surface area contributed by atoms with E-state index in [-0.39, 0.29) is 0 Å². The van der Waals surface area contributed by atoms with E-state index in [1.807, 2.05) is 37.3 Å². The molecule has 0 saturated heterocycles. The Labute approximate surface area is 123 Å². The zero-order valence-electron chi connectivity index (χ0n) is 12.1. The molecule has 0 spiro atoms. The first kappa shape index (κ1) is 13.3. The molecule has 0 bridgehead atoms. The molecule has 0 atom stereocenters. The molecule has 0 saturated carbocycles. The molecule has 2 aromatic carbocycles. The number of aryl methyl sites for hydroxylation is 1. The third-order valence-corrected chi connectivity index (χ3v) is 3.75. The lowest BCUT2D eigenvalue weighted by Gasteiger charge is -2.07. The van der Waals surface area contributed by atoms with Gasteiger partial charge in [0.1, 0.15) is 5.75 Å². The summed E-state index contributed by atoms with van der Waals surface area (Å²) in [5.74, 6) is 0.872. The average Bonchev–Trinajstić information content (AvgIpc) is 2.87. The van der Waals surface area contributed by atoms with Crippen LogP contribution >= 0.6 is 0 Å². The summed E-state index contributed by atoms with van der Waals surface area (Å²) in [7, 11) is 1.67. The maximum absolute atomic E-state index is 9.12. The number of hydrogen-bond acceptors (Lipinski definition) is 2. The molecule has 3 aromatic rings. The van der Waals surface area contributed by atoms with Gasteiger partial charge in [-0.15, -0.1) is 0 Å². The van der Waals surface area contributed by atoms with Crippen LogP contribution in [0.25, 0.3) is 22.2 Å². The molecule has 0 fully saturated rings. The van der Waals surface area contributed by atoms with Gasteiger partial charge in [-0.3, -0.25) is 0 Å². The molecule has 1 N–H and O–H groups in total. The Bertz CT molecular complexity index is 840. The molecule has 0 aliphatic heterocycles. The van der Waals surface area contributed by atoms with Gasteiger partial charge in [0, 0.05) is 10.9 Å². The van der Waals surface area contributed by atoms with Crippen molar-refractivity contribution in [2.75, 3.05) is 7.11 Å². The number of benzene rings is 2. The molecular weight excluding hydrogens is 260 g/mol. The van der Waals surface area contributed by atoms with E-state index in [1.54, 1.807) is 7.11 Å². The number of nitriles is 1. The molecule has 0 aliphatic rings. The van der Waals surface area contributed by atoms with E-state index < -0.39 is 0 Å². The fraction of sp³-hybridized carbons (Fsp3) is 0.167. The summed E-state index contributed by atoms with van der Waals surface area (Å²) in [5, 5.41) is 10.2. The molecule has 104 valence electrons. The van der Waals surface area contributed by atoms with Crippen molar-refractivity contribution in [2.24, 2.45) is 0 Å².